The Kier molecular flexibility index (Phi) is 4.56. The normalized spacial score (nSPS) is 10.4. The first-order chi connectivity index (χ1) is 10.8. The van der Waals surface area contributed by atoms with Crippen molar-refractivity contribution in [2.45, 2.75) is 13.2 Å². The molecule has 0 aliphatic carbocycles. The van der Waals surface area contributed by atoms with E-state index in [1.807, 2.05) is 48.5 Å². The van der Waals surface area contributed by atoms with Crippen LogP contribution in [-0.4, -0.2) is 15.2 Å². The van der Waals surface area contributed by atoms with Crippen molar-refractivity contribution in [1.29, 1.82) is 0 Å². The van der Waals surface area contributed by atoms with Gasteiger partial charge in [-0.15, -0.1) is 0 Å². The number of hydrogen-bond donors (Lipinski definition) is 2. The zero-order valence-electron chi connectivity index (χ0n) is 11.8. The summed E-state index contributed by atoms with van der Waals surface area (Å²) in [6, 6.07) is 15.6. The lowest BCUT2D eigenvalue weighted by atomic mass is 10.2. The molecule has 2 N–H and O–H groups in total. The van der Waals surface area contributed by atoms with Crippen molar-refractivity contribution in [3.63, 3.8) is 0 Å². The second kappa shape index (κ2) is 6.95. The number of aromatic amines is 1. The number of nitrogens with one attached hydrogen (secondary N) is 2. The lowest BCUT2D eigenvalue weighted by Gasteiger charge is -2.09. The van der Waals surface area contributed by atoms with Crippen molar-refractivity contribution in [1.82, 2.24) is 15.2 Å². The number of nitrogens with zero attached hydrogens (tertiary/aromatic N) is 2. The fourth-order valence-electron chi connectivity index (χ4n) is 1.96. The van der Waals surface area contributed by atoms with Crippen LogP contribution in [0.15, 0.2) is 54.9 Å². The molecular formula is C16H15ClN4O. The third kappa shape index (κ3) is 3.77. The quantitative estimate of drug-likeness (QED) is 0.729. The van der Waals surface area contributed by atoms with E-state index in [0.29, 0.717) is 19.1 Å². The zero-order chi connectivity index (χ0) is 15.2. The molecule has 0 unspecified atom stereocenters. The maximum absolute atomic E-state index is 6.10. The molecule has 112 valence electrons. The monoisotopic (exact) mass is 314 g/mol. The SMILES string of the molecule is Clc1ccccc1COc1ccc(CNc2ncn[nH]2)cc1. The summed E-state index contributed by atoms with van der Waals surface area (Å²) in [5.74, 6) is 1.46. The number of benzene rings is 2. The zero-order valence-corrected chi connectivity index (χ0v) is 12.5. The highest BCUT2D eigenvalue weighted by molar-refractivity contribution is 6.31. The highest BCUT2D eigenvalue weighted by Crippen LogP contribution is 2.19. The standard InChI is InChI=1S/C16H15ClN4O/c17-15-4-2-1-3-13(15)10-22-14-7-5-12(6-8-14)9-18-16-19-11-20-21-16/h1-8,11H,9-10H2,(H2,18,19,20,21). The van der Waals surface area contributed by atoms with Gasteiger partial charge in [0.25, 0.3) is 0 Å². The molecule has 3 rings (SSSR count). The van der Waals surface area contributed by atoms with Crippen LogP contribution in [0.4, 0.5) is 5.95 Å². The van der Waals surface area contributed by atoms with Gasteiger partial charge in [-0.1, -0.05) is 41.9 Å². The molecule has 1 aromatic heterocycles. The topological polar surface area (TPSA) is 62.8 Å². The Balaban J connectivity index is 1.54. The fourth-order valence-corrected chi connectivity index (χ4v) is 2.15. The molecule has 1 heterocycles. The van der Waals surface area contributed by atoms with Gasteiger partial charge in [-0.05, 0) is 23.8 Å². The molecule has 0 saturated heterocycles. The van der Waals surface area contributed by atoms with E-state index in [1.54, 1.807) is 0 Å². The van der Waals surface area contributed by atoms with Crippen LogP contribution in [0.2, 0.25) is 5.02 Å². The van der Waals surface area contributed by atoms with Crippen LogP contribution in [0.25, 0.3) is 0 Å². The third-order valence-electron chi connectivity index (χ3n) is 3.15. The first-order valence-corrected chi connectivity index (χ1v) is 7.23. The van der Waals surface area contributed by atoms with Crippen molar-refractivity contribution in [3.8, 4) is 5.75 Å². The van der Waals surface area contributed by atoms with E-state index in [2.05, 4.69) is 20.5 Å². The molecule has 2 aromatic carbocycles. The van der Waals surface area contributed by atoms with E-state index in [1.165, 1.54) is 6.33 Å². The lowest BCUT2D eigenvalue weighted by molar-refractivity contribution is 0.306. The maximum atomic E-state index is 6.10. The van der Waals surface area contributed by atoms with E-state index in [0.717, 1.165) is 21.9 Å². The van der Waals surface area contributed by atoms with Gasteiger partial charge >= 0.3 is 0 Å². The molecule has 0 bridgehead atoms. The first-order valence-electron chi connectivity index (χ1n) is 6.85. The minimum atomic E-state index is 0.454. The molecule has 5 nitrogen and oxygen atoms in total. The lowest BCUT2D eigenvalue weighted by Crippen LogP contribution is -2.01. The summed E-state index contributed by atoms with van der Waals surface area (Å²) >= 11 is 6.10. The Bertz CT molecular complexity index is 713. The summed E-state index contributed by atoms with van der Waals surface area (Å²) in [6.45, 7) is 1.12. The summed E-state index contributed by atoms with van der Waals surface area (Å²) in [5.41, 5.74) is 2.10. The fraction of sp³-hybridized carbons (Fsp3) is 0.125. The van der Waals surface area contributed by atoms with Crippen molar-refractivity contribution >= 4 is 17.5 Å². The minimum Gasteiger partial charge on any atom is -0.489 e. The molecule has 0 fully saturated rings. The van der Waals surface area contributed by atoms with Crippen LogP contribution in [0.1, 0.15) is 11.1 Å². The van der Waals surface area contributed by atoms with E-state index >= 15 is 0 Å². The third-order valence-corrected chi connectivity index (χ3v) is 3.52. The summed E-state index contributed by atoms with van der Waals surface area (Å²) in [4.78, 5) is 4.01. The molecule has 0 atom stereocenters. The maximum Gasteiger partial charge on any atom is 0.218 e. The summed E-state index contributed by atoms with van der Waals surface area (Å²) in [6.07, 6.45) is 1.47. The van der Waals surface area contributed by atoms with Gasteiger partial charge in [0.05, 0.1) is 0 Å². The van der Waals surface area contributed by atoms with Crippen LogP contribution in [0, 0.1) is 0 Å². The molecule has 3 aromatic rings. The molecule has 6 heteroatoms. The summed E-state index contributed by atoms with van der Waals surface area (Å²) < 4.78 is 5.74. The van der Waals surface area contributed by atoms with Crippen LogP contribution in [0.5, 0.6) is 5.75 Å². The molecule has 0 spiro atoms. The van der Waals surface area contributed by atoms with Crippen molar-refractivity contribution < 1.29 is 4.74 Å². The Labute approximate surface area is 133 Å². The highest BCUT2D eigenvalue weighted by Gasteiger charge is 2.01. The Morgan fingerprint density at radius 1 is 1.09 bits per heavy atom. The predicted octanol–water partition coefficient (Wildman–Crippen LogP) is 3.65. The van der Waals surface area contributed by atoms with Crippen LogP contribution in [-0.2, 0) is 13.2 Å². The molecule has 0 saturated carbocycles. The van der Waals surface area contributed by atoms with Gasteiger partial charge in [0.2, 0.25) is 5.95 Å². The van der Waals surface area contributed by atoms with Gasteiger partial charge in [0.1, 0.15) is 18.7 Å². The molecular weight excluding hydrogens is 300 g/mol. The molecule has 0 radical (unpaired) electrons. The number of hydrogen-bond acceptors (Lipinski definition) is 4. The number of aromatic nitrogens is 3. The van der Waals surface area contributed by atoms with Crippen molar-refractivity contribution in [2.24, 2.45) is 0 Å². The Morgan fingerprint density at radius 2 is 1.91 bits per heavy atom. The summed E-state index contributed by atoms with van der Waals surface area (Å²) in [5, 5.41) is 10.4. The smallest absolute Gasteiger partial charge is 0.218 e. The van der Waals surface area contributed by atoms with Crippen LogP contribution >= 0.6 is 11.6 Å². The van der Waals surface area contributed by atoms with Gasteiger partial charge in [-0.25, -0.2) is 10.1 Å². The molecule has 0 aliphatic heterocycles. The van der Waals surface area contributed by atoms with Gasteiger partial charge < -0.3 is 10.1 Å². The molecule has 0 aliphatic rings. The van der Waals surface area contributed by atoms with Gasteiger partial charge in [0, 0.05) is 17.1 Å². The van der Waals surface area contributed by atoms with E-state index < -0.39 is 0 Å². The number of H-pyrrole nitrogens is 1. The average Bonchev–Trinajstić information content (AvgIpc) is 3.07. The number of ether oxygens (including phenoxy) is 1. The minimum absolute atomic E-state index is 0.454. The van der Waals surface area contributed by atoms with Crippen LogP contribution in [0.3, 0.4) is 0 Å². The van der Waals surface area contributed by atoms with E-state index in [-0.39, 0.29) is 0 Å². The van der Waals surface area contributed by atoms with Crippen molar-refractivity contribution in [2.75, 3.05) is 5.32 Å². The number of rotatable bonds is 6. The summed E-state index contributed by atoms with van der Waals surface area (Å²) in [7, 11) is 0. The van der Waals surface area contributed by atoms with Gasteiger partial charge in [0.15, 0.2) is 0 Å². The van der Waals surface area contributed by atoms with E-state index in [9.17, 15) is 0 Å². The van der Waals surface area contributed by atoms with E-state index in [4.69, 9.17) is 16.3 Å². The highest BCUT2D eigenvalue weighted by atomic mass is 35.5. The largest absolute Gasteiger partial charge is 0.489 e. The number of halogens is 1. The average molecular weight is 315 g/mol. The predicted molar refractivity (Wildman–Crippen MR) is 85.9 cm³/mol. The first kappa shape index (κ1) is 14.4. The second-order valence-corrected chi connectivity index (χ2v) is 5.12. The van der Waals surface area contributed by atoms with Gasteiger partial charge in [-0.3, -0.25) is 0 Å². The Hall–Kier alpha value is -2.53. The second-order valence-electron chi connectivity index (χ2n) is 4.71. The Morgan fingerprint density at radius 3 is 2.64 bits per heavy atom. The van der Waals surface area contributed by atoms with Gasteiger partial charge in [-0.2, -0.15) is 5.10 Å². The molecule has 22 heavy (non-hydrogen) atoms. The molecule has 0 amide bonds. The number of anilines is 1. The van der Waals surface area contributed by atoms with Crippen LogP contribution < -0.4 is 10.1 Å². The van der Waals surface area contributed by atoms with Crippen molar-refractivity contribution in [3.05, 3.63) is 71.0 Å².